The van der Waals surface area contributed by atoms with Crippen molar-refractivity contribution < 1.29 is 0 Å². The molecule has 1 atom stereocenters. The van der Waals surface area contributed by atoms with Gasteiger partial charge >= 0.3 is 0 Å². The molecule has 2 aromatic heterocycles. The normalized spacial score (nSPS) is 17.1. The third kappa shape index (κ3) is 3.36. The average Bonchev–Trinajstić information content (AvgIpc) is 3.59. The van der Waals surface area contributed by atoms with Crippen LogP contribution < -0.4 is 0 Å². The molecule has 2 heterocycles. The Balaban J connectivity index is 1.50. The third-order valence-electron chi connectivity index (χ3n) is 8.39. The van der Waals surface area contributed by atoms with Crippen molar-refractivity contribution in [3.05, 3.63) is 163 Å². The first kappa shape index (κ1) is 22.9. The predicted octanol–water partition coefficient (Wildman–Crippen LogP) is 9.66. The van der Waals surface area contributed by atoms with Gasteiger partial charge in [-0.1, -0.05) is 127 Å². The maximum atomic E-state index is 2.57. The molecule has 40 heavy (non-hydrogen) atoms. The summed E-state index contributed by atoms with van der Waals surface area (Å²) in [4.78, 5) is 0. The summed E-state index contributed by atoms with van der Waals surface area (Å²) in [6.45, 7) is 0. The maximum absolute atomic E-state index is 2.57. The van der Waals surface area contributed by atoms with Crippen molar-refractivity contribution in [2.24, 2.45) is 0 Å². The van der Waals surface area contributed by atoms with Gasteiger partial charge in [-0.2, -0.15) is 0 Å². The summed E-state index contributed by atoms with van der Waals surface area (Å²) in [5.41, 5.74) is 8.13. The molecular formula is C38H28N2. The summed E-state index contributed by atoms with van der Waals surface area (Å²) < 4.78 is 5.15. The minimum Gasteiger partial charge on any atom is -0.313 e. The van der Waals surface area contributed by atoms with Crippen molar-refractivity contribution in [1.82, 2.24) is 9.13 Å². The van der Waals surface area contributed by atoms with E-state index in [2.05, 4.69) is 167 Å². The molecule has 0 radical (unpaired) electrons. The van der Waals surface area contributed by atoms with Crippen LogP contribution in [0.25, 0.3) is 49.5 Å². The minimum absolute atomic E-state index is 0.505. The quantitative estimate of drug-likeness (QED) is 0.222. The molecule has 5 aromatic carbocycles. The molecule has 1 aliphatic carbocycles. The topological polar surface area (TPSA) is 9.86 Å². The number of aromatic nitrogens is 2. The second-order valence-electron chi connectivity index (χ2n) is 10.6. The first-order valence-electron chi connectivity index (χ1n) is 13.9. The Labute approximate surface area is 233 Å². The van der Waals surface area contributed by atoms with Gasteiger partial charge in [-0.3, -0.25) is 0 Å². The zero-order valence-corrected chi connectivity index (χ0v) is 22.1. The van der Waals surface area contributed by atoms with Crippen molar-refractivity contribution in [2.45, 2.75) is 12.1 Å². The zero-order chi connectivity index (χ0) is 26.5. The SMILES string of the molecule is C1=CC(n2c(-c3ccccc3)cc3ccccc32)(n2c3ccccc3c3ccccc32)CC=C1c1ccccc1. The van der Waals surface area contributed by atoms with Crippen LogP contribution in [0.5, 0.6) is 0 Å². The van der Waals surface area contributed by atoms with E-state index < -0.39 is 5.66 Å². The maximum Gasteiger partial charge on any atom is 0.145 e. The molecule has 0 N–H and O–H groups in total. The van der Waals surface area contributed by atoms with Crippen LogP contribution in [0.4, 0.5) is 0 Å². The van der Waals surface area contributed by atoms with Crippen LogP contribution in [-0.4, -0.2) is 9.13 Å². The smallest absolute Gasteiger partial charge is 0.145 e. The highest BCUT2D eigenvalue weighted by molar-refractivity contribution is 6.08. The molecule has 0 bridgehead atoms. The van der Waals surface area contributed by atoms with Crippen LogP contribution >= 0.6 is 0 Å². The van der Waals surface area contributed by atoms with Gasteiger partial charge in [0.2, 0.25) is 0 Å². The molecule has 0 saturated heterocycles. The van der Waals surface area contributed by atoms with E-state index in [1.807, 2.05) is 0 Å². The lowest BCUT2D eigenvalue weighted by Crippen LogP contribution is -2.40. The summed E-state index contributed by atoms with van der Waals surface area (Å²) in [5.74, 6) is 0. The lowest BCUT2D eigenvalue weighted by atomic mass is 9.91. The van der Waals surface area contributed by atoms with E-state index in [-0.39, 0.29) is 0 Å². The molecule has 2 heteroatoms. The Morgan fingerprint density at radius 2 is 1.05 bits per heavy atom. The van der Waals surface area contributed by atoms with E-state index in [1.54, 1.807) is 0 Å². The predicted molar refractivity (Wildman–Crippen MR) is 168 cm³/mol. The molecule has 7 aromatic rings. The van der Waals surface area contributed by atoms with E-state index in [9.17, 15) is 0 Å². The highest BCUT2D eigenvalue weighted by atomic mass is 15.3. The molecule has 0 saturated carbocycles. The molecule has 0 amide bonds. The number of rotatable bonds is 4. The van der Waals surface area contributed by atoms with Crippen molar-refractivity contribution in [3.63, 3.8) is 0 Å². The van der Waals surface area contributed by atoms with Gasteiger partial charge in [0.15, 0.2) is 0 Å². The van der Waals surface area contributed by atoms with Crippen LogP contribution in [0.15, 0.2) is 158 Å². The van der Waals surface area contributed by atoms with Gasteiger partial charge in [-0.15, -0.1) is 0 Å². The number of nitrogens with zero attached hydrogens (tertiary/aromatic N) is 2. The lowest BCUT2D eigenvalue weighted by Gasteiger charge is -2.39. The van der Waals surface area contributed by atoms with Crippen LogP contribution in [0.3, 0.4) is 0 Å². The van der Waals surface area contributed by atoms with Crippen LogP contribution in [0, 0.1) is 0 Å². The number of para-hydroxylation sites is 3. The van der Waals surface area contributed by atoms with E-state index in [1.165, 1.54) is 55.1 Å². The first-order valence-corrected chi connectivity index (χ1v) is 13.9. The molecule has 190 valence electrons. The van der Waals surface area contributed by atoms with Crippen molar-refractivity contribution in [1.29, 1.82) is 0 Å². The Kier molecular flexibility index (Phi) is 5.14. The summed E-state index contributed by atoms with van der Waals surface area (Å²) in [7, 11) is 0. The van der Waals surface area contributed by atoms with Crippen LogP contribution in [-0.2, 0) is 5.66 Å². The lowest BCUT2D eigenvalue weighted by molar-refractivity contribution is 0.340. The number of benzene rings is 5. The first-order chi connectivity index (χ1) is 19.8. The van der Waals surface area contributed by atoms with E-state index in [4.69, 9.17) is 0 Å². The largest absolute Gasteiger partial charge is 0.313 e. The fourth-order valence-corrected chi connectivity index (χ4v) is 6.63. The van der Waals surface area contributed by atoms with Crippen molar-refractivity contribution in [2.75, 3.05) is 0 Å². The second kappa shape index (κ2) is 9.00. The van der Waals surface area contributed by atoms with E-state index in [0.717, 1.165) is 6.42 Å². The highest BCUT2D eigenvalue weighted by Crippen LogP contribution is 2.45. The minimum atomic E-state index is -0.505. The molecule has 0 fully saturated rings. The molecule has 1 aliphatic rings. The molecular weight excluding hydrogens is 484 g/mol. The summed E-state index contributed by atoms with van der Waals surface area (Å²) in [5, 5.41) is 3.80. The third-order valence-corrected chi connectivity index (χ3v) is 8.39. The number of hydrogen-bond acceptors (Lipinski definition) is 0. The number of hydrogen-bond donors (Lipinski definition) is 0. The van der Waals surface area contributed by atoms with Gasteiger partial charge in [0, 0.05) is 22.6 Å². The summed E-state index contributed by atoms with van der Waals surface area (Å²) in [6, 6.07) is 50.3. The molecule has 1 unspecified atom stereocenters. The highest BCUT2D eigenvalue weighted by Gasteiger charge is 2.38. The monoisotopic (exact) mass is 512 g/mol. The molecule has 0 spiro atoms. The van der Waals surface area contributed by atoms with E-state index >= 15 is 0 Å². The van der Waals surface area contributed by atoms with Crippen molar-refractivity contribution >= 4 is 38.3 Å². The van der Waals surface area contributed by atoms with Gasteiger partial charge in [0.1, 0.15) is 5.66 Å². The fourth-order valence-electron chi connectivity index (χ4n) is 6.63. The molecule has 0 aliphatic heterocycles. The average molecular weight is 513 g/mol. The second-order valence-corrected chi connectivity index (χ2v) is 10.6. The van der Waals surface area contributed by atoms with Crippen LogP contribution in [0.2, 0.25) is 0 Å². The Morgan fingerprint density at radius 1 is 0.500 bits per heavy atom. The van der Waals surface area contributed by atoms with Crippen molar-refractivity contribution in [3.8, 4) is 11.3 Å². The summed E-state index contributed by atoms with van der Waals surface area (Å²) in [6.07, 6.45) is 8.00. The fraction of sp³-hybridized carbons (Fsp3) is 0.0526. The number of fused-ring (bicyclic) bond motifs is 4. The standard InChI is InChI=1S/C38H28N2/c1-3-13-28(14-4-1)29-23-25-38(26-24-29,40-35-21-11-8-18-32(35)33-19-9-12-22-36(33)40)39-34-20-10-7-17-31(34)27-37(39)30-15-5-2-6-16-30/h1-25,27H,26H2. The van der Waals surface area contributed by atoms with Gasteiger partial charge in [0.05, 0.1) is 22.2 Å². The summed E-state index contributed by atoms with van der Waals surface area (Å²) >= 11 is 0. The Morgan fingerprint density at radius 3 is 1.68 bits per heavy atom. The Bertz CT molecular complexity index is 2020. The van der Waals surface area contributed by atoms with Gasteiger partial charge in [0.25, 0.3) is 0 Å². The van der Waals surface area contributed by atoms with Gasteiger partial charge in [-0.05, 0) is 47.0 Å². The Hall–Kier alpha value is -5.08. The van der Waals surface area contributed by atoms with Gasteiger partial charge < -0.3 is 9.13 Å². The van der Waals surface area contributed by atoms with Gasteiger partial charge in [-0.25, -0.2) is 0 Å². The molecule has 2 nitrogen and oxygen atoms in total. The number of allylic oxidation sites excluding steroid dienone is 4. The van der Waals surface area contributed by atoms with E-state index in [0.29, 0.717) is 0 Å². The van der Waals surface area contributed by atoms with Crippen LogP contribution in [0.1, 0.15) is 12.0 Å². The zero-order valence-electron chi connectivity index (χ0n) is 22.1. The molecule has 8 rings (SSSR count).